The number of rotatable bonds is 5. The van der Waals surface area contributed by atoms with Gasteiger partial charge in [-0.1, -0.05) is 12.1 Å². The molecule has 0 saturated heterocycles. The molecule has 4 rings (SSSR count). The first-order valence-electron chi connectivity index (χ1n) is 8.85. The number of carbonyl (C=O) groups excluding carboxylic acids is 1. The molecule has 0 saturated carbocycles. The van der Waals surface area contributed by atoms with Crippen LogP contribution in [0.3, 0.4) is 0 Å². The largest absolute Gasteiger partial charge is 0.439 e. The van der Waals surface area contributed by atoms with Gasteiger partial charge in [0.25, 0.3) is 0 Å². The second-order valence-electron chi connectivity index (χ2n) is 6.56. The van der Waals surface area contributed by atoms with Crippen molar-refractivity contribution in [2.75, 3.05) is 6.54 Å². The molecule has 1 aliphatic heterocycles. The normalized spacial score (nSPS) is 13.8. The summed E-state index contributed by atoms with van der Waals surface area (Å²) in [6.45, 7) is 2.75. The standard InChI is InChI=1S/C21H20N4O2/c22-21(26)16-4-5-20(24-12-16)27-19-3-1-2-17-14-25(11-8-18(17)19)13-15-6-9-23-10-7-15/h1-7,9-10,12H,8,11,13-14H2,(H2,22,26). The van der Waals surface area contributed by atoms with Gasteiger partial charge in [-0.2, -0.15) is 0 Å². The maximum absolute atomic E-state index is 11.2. The molecule has 0 unspecified atom stereocenters. The van der Waals surface area contributed by atoms with E-state index in [1.165, 1.54) is 22.9 Å². The maximum atomic E-state index is 11.2. The second-order valence-corrected chi connectivity index (χ2v) is 6.56. The number of fused-ring (bicyclic) bond motifs is 1. The van der Waals surface area contributed by atoms with Gasteiger partial charge in [0.15, 0.2) is 0 Å². The lowest BCUT2D eigenvalue weighted by Gasteiger charge is -2.29. The maximum Gasteiger partial charge on any atom is 0.250 e. The number of nitrogens with two attached hydrogens (primary N) is 1. The SMILES string of the molecule is NC(=O)c1ccc(Oc2cccc3c2CCN(Cc2ccncc2)C3)nc1. The van der Waals surface area contributed by atoms with E-state index in [2.05, 4.69) is 33.1 Å². The zero-order valence-corrected chi connectivity index (χ0v) is 14.8. The van der Waals surface area contributed by atoms with Crippen LogP contribution in [0.4, 0.5) is 0 Å². The average molecular weight is 360 g/mol. The van der Waals surface area contributed by atoms with Gasteiger partial charge in [0.05, 0.1) is 5.56 Å². The number of benzene rings is 1. The third-order valence-electron chi connectivity index (χ3n) is 4.69. The van der Waals surface area contributed by atoms with Crippen LogP contribution in [0.5, 0.6) is 11.6 Å². The first-order valence-corrected chi connectivity index (χ1v) is 8.85. The molecule has 1 amide bonds. The van der Waals surface area contributed by atoms with Gasteiger partial charge in [-0.05, 0) is 41.8 Å². The van der Waals surface area contributed by atoms with Crippen molar-refractivity contribution >= 4 is 5.91 Å². The molecule has 6 nitrogen and oxygen atoms in total. The fourth-order valence-electron chi connectivity index (χ4n) is 3.31. The lowest BCUT2D eigenvalue weighted by atomic mass is 9.98. The molecule has 0 fully saturated rings. The lowest BCUT2D eigenvalue weighted by Crippen LogP contribution is -2.30. The second kappa shape index (κ2) is 7.55. The van der Waals surface area contributed by atoms with Gasteiger partial charge in [-0.3, -0.25) is 14.7 Å². The van der Waals surface area contributed by atoms with Gasteiger partial charge in [0, 0.05) is 49.9 Å². The van der Waals surface area contributed by atoms with E-state index >= 15 is 0 Å². The first kappa shape index (κ1) is 17.2. The third kappa shape index (κ3) is 3.96. The summed E-state index contributed by atoms with van der Waals surface area (Å²) in [6.07, 6.45) is 6.00. The average Bonchev–Trinajstić information content (AvgIpc) is 2.69. The predicted octanol–water partition coefficient (Wildman–Crippen LogP) is 2.93. The molecule has 136 valence electrons. The van der Waals surface area contributed by atoms with Crippen LogP contribution in [0.2, 0.25) is 0 Å². The molecule has 0 bridgehead atoms. The fraction of sp³-hybridized carbons (Fsp3) is 0.190. The van der Waals surface area contributed by atoms with Crippen molar-refractivity contribution in [3.8, 4) is 11.6 Å². The Bertz CT molecular complexity index is 942. The summed E-state index contributed by atoms with van der Waals surface area (Å²) in [7, 11) is 0. The molecule has 1 aliphatic rings. The number of carbonyl (C=O) groups is 1. The summed E-state index contributed by atoms with van der Waals surface area (Å²) >= 11 is 0. The predicted molar refractivity (Wildman–Crippen MR) is 101 cm³/mol. The van der Waals surface area contributed by atoms with Gasteiger partial charge in [-0.15, -0.1) is 0 Å². The highest BCUT2D eigenvalue weighted by molar-refractivity contribution is 5.92. The molecule has 0 radical (unpaired) electrons. The van der Waals surface area contributed by atoms with Gasteiger partial charge in [-0.25, -0.2) is 4.98 Å². The van der Waals surface area contributed by atoms with Crippen molar-refractivity contribution in [1.82, 2.24) is 14.9 Å². The van der Waals surface area contributed by atoms with Gasteiger partial charge >= 0.3 is 0 Å². The van der Waals surface area contributed by atoms with Crippen molar-refractivity contribution in [2.45, 2.75) is 19.5 Å². The first-order chi connectivity index (χ1) is 13.2. The van der Waals surface area contributed by atoms with E-state index in [9.17, 15) is 4.79 Å². The highest BCUT2D eigenvalue weighted by atomic mass is 16.5. The Morgan fingerprint density at radius 3 is 2.74 bits per heavy atom. The summed E-state index contributed by atoms with van der Waals surface area (Å²) < 4.78 is 5.98. The van der Waals surface area contributed by atoms with E-state index in [1.54, 1.807) is 12.1 Å². The molecular formula is C21H20N4O2. The van der Waals surface area contributed by atoms with Crippen LogP contribution in [0.1, 0.15) is 27.0 Å². The van der Waals surface area contributed by atoms with Gasteiger partial charge in [0.1, 0.15) is 5.75 Å². The Morgan fingerprint density at radius 1 is 1.15 bits per heavy atom. The van der Waals surface area contributed by atoms with Crippen molar-refractivity contribution in [3.63, 3.8) is 0 Å². The van der Waals surface area contributed by atoms with Gasteiger partial charge < -0.3 is 10.5 Å². The molecule has 0 spiro atoms. The minimum absolute atomic E-state index is 0.365. The Balaban J connectivity index is 1.49. The van der Waals surface area contributed by atoms with E-state index in [0.29, 0.717) is 11.4 Å². The van der Waals surface area contributed by atoms with Gasteiger partial charge in [0.2, 0.25) is 11.8 Å². The Labute approximate surface area is 157 Å². The molecule has 0 atom stereocenters. The highest BCUT2D eigenvalue weighted by Gasteiger charge is 2.20. The Morgan fingerprint density at radius 2 is 2.00 bits per heavy atom. The summed E-state index contributed by atoms with van der Waals surface area (Å²) in [5.41, 5.74) is 9.35. The quantitative estimate of drug-likeness (QED) is 0.757. The number of hydrogen-bond acceptors (Lipinski definition) is 5. The molecule has 6 heteroatoms. The molecule has 27 heavy (non-hydrogen) atoms. The van der Waals surface area contributed by atoms with Crippen LogP contribution in [-0.2, 0) is 19.5 Å². The van der Waals surface area contributed by atoms with Crippen LogP contribution in [0, 0.1) is 0 Å². The van der Waals surface area contributed by atoms with E-state index < -0.39 is 5.91 Å². The van der Waals surface area contributed by atoms with Crippen LogP contribution in [0.25, 0.3) is 0 Å². The molecule has 3 heterocycles. The smallest absolute Gasteiger partial charge is 0.250 e. The monoisotopic (exact) mass is 360 g/mol. The van der Waals surface area contributed by atoms with E-state index in [4.69, 9.17) is 10.5 Å². The van der Waals surface area contributed by atoms with Crippen LogP contribution in [-0.4, -0.2) is 27.3 Å². The minimum atomic E-state index is -0.500. The minimum Gasteiger partial charge on any atom is -0.439 e. The van der Waals surface area contributed by atoms with Crippen LogP contribution < -0.4 is 10.5 Å². The van der Waals surface area contributed by atoms with Crippen molar-refractivity contribution in [1.29, 1.82) is 0 Å². The number of pyridine rings is 2. The zero-order chi connectivity index (χ0) is 18.6. The van der Waals surface area contributed by atoms with Crippen LogP contribution >= 0.6 is 0 Å². The number of primary amides is 1. The molecule has 2 N–H and O–H groups in total. The van der Waals surface area contributed by atoms with E-state index in [-0.39, 0.29) is 0 Å². The number of amides is 1. The Hall–Kier alpha value is -3.25. The summed E-state index contributed by atoms with van der Waals surface area (Å²) in [6, 6.07) is 13.5. The fourth-order valence-corrected chi connectivity index (χ4v) is 3.31. The summed E-state index contributed by atoms with van der Waals surface area (Å²) in [4.78, 5) is 21.8. The molecule has 2 aromatic heterocycles. The summed E-state index contributed by atoms with van der Waals surface area (Å²) in [5, 5.41) is 0. The third-order valence-corrected chi connectivity index (χ3v) is 4.69. The van der Waals surface area contributed by atoms with Crippen molar-refractivity contribution in [3.05, 3.63) is 83.3 Å². The highest BCUT2D eigenvalue weighted by Crippen LogP contribution is 2.31. The molecule has 0 aliphatic carbocycles. The summed E-state index contributed by atoms with van der Waals surface area (Å²) in [5.74, 6) is 0.767. The number of aromatic nitrogens is 2. The van der Waals surface area contributed by atoms with E-state index in [1.807, 2.05) is 24.5 Å². The number of hydrogen-bond donors (Lipinski definition) is 1. The zero-order valence-electron chi connectivity index (χ0n) is 14.8. The number of nitrogens with zero attached hydrogens (tertiary/aromatic N) is 3. The molecule has 1 aromatic carbocycles. The molecule has 3 aromatic rings. The van der Waals surface area contributed by atoms with Crippen molar-refractivity contribution in [2.24, 2.45) is 5.73 Å². The Kier molecular flexibility index (Phi) is 4.80. The van der Waals surface area contributed by atoms with Crippen molar-refractivity contribution < 1.29 is 9.53 Å². The number of ether oxygens (including phenoxy) is 1. The topological polar surface area (TPSA) is 81.3 Å². The van der Waals surface area contributed by atoms with E-state index in [0.717, 1.165) is 31.8 Å². The molecular weight excluding hydrogens is 340 g/mol. The van der Waals surface area contributed by atoms with Crippen LogP contribution in [0.15, 0.2) is 61.1 Å². The lowest BCUT2D eigenvalue weighted by molar-refractivity contribution is 0.1000.